The van der Waals surface area contributed by atoms with Crippen molar-refractivity contribution in [3.63, 3.8) is 0 Å². The topological polar surface area (TPSA) is 57.7 Å². The predicted octanol–water partition coefficient (Wildman–Crippen LogP) is 7.46. The Balaban J connectivity index is 1.08. The first-order valence-electron chi connectivity index (χ1n) is 15.2. The van der Waals surface area contributed by atoms with Crippen molar-refractivity contribution in [3.8, 4) is 22.8 Å². The maximum atomic E-state index is 13.7. The van der Waals surface area contributed by atoms with Crippen molar-refractivity contribution >= 4 is 23.3 Å². The zero-order valence-corrected chi connectivity index (χ0v) is 25.5. The standard InChI is InChI=1S/C35H34ClF3N4O2/c36-25-9-7-10-26(23-25)45-32-16-8-15-31(41-32)43-21-19-42(20-22-43)18-6-5-17-34(33(44)40-24-35(37,38)39)29-13-3-1-11-27(29)28-12-2-4-14-30(28)34/h1-4,7-16,23H,5-6,17-22,24H2,(H,40,44). The molecular formula is C35H34ClF3N4O2. The molecule has 6 rings (SSSR count). The number of unbranched alkanes of at least 4 members (excludes halogenated alkanes) is 1. The number of nitrogens with zero attached hydrogens (tertiary/aromatic N) is 3. The van der Waals surface area contributed by atoms with E-state index in [-0.39, 0.29) is 0 Å². The van der Waals surface area contributed by atoms with Crippen molar-refractivity contribution in [1.29, 1.82) is 0 Å². The van der Waals surface area contributed by atoms with E-state index in [2.05, 4.69) is 15.1 Å². The summed E-state index contributed by atoms with van der Waals surface area (Å²) < 4.78 is 45.4. The van der Waals surface area contributed by atoms with E-state index in [1.165, 1.54) is 0 Å². The normalized spacial score (nSPS) is 15.8. The second-order valence-electron chi connectivity index (χ2n) is 11.5. The first-order chi connectivity index (χ1) is 21.7. The maximum Gasteiger partial charge on any atom is 0.405 e. The van der Waals surface area contributed by atoms with Crippen LogP contribution < -0.4 is 15.0 Å². The molecule has 4 aromatic rings. The van der Waals surface area contributed by atoms with Gasteiger partial charge in [0.1, 0.15) is 23.5 Å². The Labute approximate surface area is 265 Å². The van der Waals surface area contributed by atoms with Gasteiger partial charge in [0, 0.05) is 37.3 Å². The molecule has 10 heteroatoms. The van der Waals surface area contributed by atoms with E-state index in [4.69, 9.17) is 21.3 Å². The summed E-state index contributed by atoms with van der Waals surface area (Å²) in [6, 6.07) is 28.1. The molecule has 1 aromatic heterocycles. The van der Waals surface area contributed by atoms with Gasteiger partial charge in [-0.2, -0.15) is 18.2 Å². The Morgan fingerprint density at radius 3 is 2.20 bits per heavy atom. The maximum absolute atomic E-state index is 13.7. The number of aromatic nitrogens is 1. The van der Waals surface area contributed by atoms with Gasteiger partial charge in [-0.1, -0.05) is 78.7 Å². The highest BCUT2D eigenvalue weighted by molar-refractivity contribution is 6.30. The fourth-order valence-corrected chi connectivity index (χ4v) is 6.68. The molecule has 0 unspecified atom stereocenters. The van der Waals surface area contributed by atoms with E-state index >= 15 is 0 Å². The van der Waals surface area contributed by atoms with E-state index in [1.54, 1.807) is 12.1 Å². The smallest absolute Gasteiger partial charge is 0.405 e. The van der Waals surface area contributed by atoms with Crippen LogP contribution in [0.4, 0.5) is 19.0 Å². The van der Waals surface area contributed by atoms with Crippen LogP contribution >= 0.6 is 11.6 Å². The van der Waals surface area contributed by atoms with Gasteiger partial charge < -0.3 is 15.0 Å². The van der Waals surface area contributed by atoms with Crippen LogP contribution in [0.25, 0.3) is 11.1 Å². The largest absolute Gasteiger partial charge is 0.439 e. The molecule has 0 saturated carbocycles. The van der Waals surface area contributed by atoms with Crippen molar-refractivity contribution in [2.24, 2.45) is 0 Å². The number of nitrogens with one attached hydrogen (secondary N) is 1. The molecule has 0 radical (unpaired) electrons. The van der Waals surface area contributed by atoms with Gasteiger partial charge >= 0.3 is 6.18 Å². The third-order valence-corrected chi connectivity index (χ3v) is 8.84. The van der Waals surface area contributed by atoms with Crippen LogP contribution in [0.5, 0.6) is 11.6 Å². The van der Waals surface area contributed by atoms with Gasteiger partial charge in [0.15, 0.2) is 0 Å². The minimum atomic E-state index is -4.49. The lowest BCUT2D eigenvalue weighted by Gasteiger charge is -2.36. The molecule has 1 fully saturated rings. The number of hydrogen-bond acceptors (Lipinski definition) is 5. The van der Waals surface area contributed by atoms with Crippen LogP contribution in [-0.4, -0.2) is 61.2 Å². The van der Waals surface area contributed by atoms with Crippen LogP contribution in [0.1, 0.15) is 30.4 Å². The van der Waals surface area contributed by atoms with Crippen molar-refractivity contribution in [2.45, 2.75) is 30.9 Å². The van der Waals surface area contributed by atoms with Crippen molar-refractivity contribution in [1.82, 2.24) is 15.2 Å². The number of benzene rings is 3. The zero-order chi connectivity index (χ0) is 31.4. The van der Waals surface area contributed by atoms with Gasteiger partial charge in [0.2, 0.25) is 11.8 Å². The van der Waals surface area contributed by atoms with E-state index < -0.39 is 24.0 Å². The van der Waals surface area contributed by atoms with E-state index in [0.29, 0.717) is 29.5 Å². The zero-order valence-electron chi connectivity index (χ0n) is 24.7. The predicted molar refractivity (Wildman–Crippen MR) is 170 cm³/mol. The molecule has 2 heterocycles. The van der Waals surface area contributed by atoms with Crippen molar-refractivity contribution in [2.75, 3.05) is 44.2 Å². The Morgan fingerprint density at radius 1 is 0.867 bits per heavy atom. The van der Waals surface area contributed by atoms with Crippen LogP contribution in [0, 0.1) is 0 Å². The average Bonchev–Trinajstić information content (AvgIpc) is 3.33. The number of anilines is 1. The summed E-state index contributed by atoms with van der Waals surface area (Å²) in [5, 5.41) is 2.81. The number of rotatable bonds is 10. The Morgan fingerprint density at radius 2 is 1.53 bits per heavy atom. The molecule has 6 nitrogen and oxygen atoms in total. The Hall–Kier alpha value is -4.08. The number of carbonyl (C=O) groups is 1. The van der Waals surface area contributed by atoms with E-state index in [9.17, 15) is 18.0 Å². The molecular weight excluding hydrogens is 601 g/mol. The molecule has 2 aliphatic rings. The van der Waals surface area contributed by atoms with Gasteiger partial charge in [-0.05, 0) is 65.9 Å². The minimum Gasteiger partial charge on any atom is -0.439 e. The minimum absolute atomic E-state index is 0.425. The average molecular weight is 635 g/mol. The summed E-state index contributed by atoms with van der Waals surface area (Å²) in [6.07, 6.45) is -2.56. The summed E-state index contributed by atoms with van der Waals surface area (Å²) in [5.74, 6) is 1.38. The molecule has 45 heavy (non-hydrogen) atoms. The summed E-state index contributed by atoms with van der Waals surface area (Å²) >= 11 is 6.08. The Kier molecular flexibility index (Phi) is 9.01. The molecule has 1 aliphatic heterocycles. The number of hydrogen-bond donors (Lipinski definition) is 1. The third-order valence-electron chi connectivity index (χ3n) is 8.60. The quantitative estimate of drug-likeness (QED) is 0.184. The van der Waals surface area contributed by atoms with Crippen LogP contribution in [0.3, 0.4) is 0 Å². The lowest BCUT2D eigenvalue weighted by atomic mass is 9.73. The third kappa shape index (κ3) is 6.79. The van der Waals surface area contributed by atoms with Crippen molar-refractivity contribution < 1.29 is 22.7 Å². The molecule has 1 N–H and O–H groups in total. The summed E-state index contributed by atoms with van der Waals surface area (Å²) in [6.45, 7) is 2.79. The van der Waals surface area contributed by atoms with Crippen LogP contribution in [0.15, 0.2) is 91.0 Å². The summed E-state index contributed by atoms with van der Waals surface area (Å²) in [4.78, 5) is 23.0. The highest BCUT2D eigenvalue weighted by Gasteiger charge is 2.49. The van der Waals surface area contributed by atoms with Crippen LogP contribution in [0.2, 0.25) is 5.02 Å². The number of halogens is 4. The first kappa shape index (κ1) is 30.9. The number of alkyl halides is 3. The molecule has 1 amide bonds. The van der Waals surface area contributed by atoms with Gasteiger partial charge in [0.05, 0.1) is 0 Å². The first-order valence-corrected chi connectivity index (χ1v) is 15.5. The highest BCUT2D eigenvalue weighted by atomic mass is 35.5. The number of fused-ring (bicyclic) bond motifs is 3. The number of piperazine rings is 1. The molecule has 0 spiro atoms. The number of carbonyl (C=O) groups excluding carboxylic acids is 1. The van der Waals surface area contributed by atoms with Gasteiger partial charge in [-0.15, -0.1) is 0 Å². The SMILES string of the molecule is O=C(NCC(F)(F)F)C1(CCCCN2CCN(c3cccc(Oc4cccc(Cl)c4)n3)CC2)c2ccccc2-c2ccccc21. The molecule has 0 bridgehead atoms. The fraction of sp³-hybridized carbons (Fsp3) is 0.314. The highest BCUT2D eigenvalue weighted by Crippen LogP contribution is 2.51. The van der Waals surface area contributed by atoms with E-state index in [0.717, 1.165) is 67.2 Å². The lowest BCUT2D eigenvalue weighted by molar-refractivity contribution is -0.141. The number of ether oxygens (including phenoxy) is 1. The molecule has 1 aliphatic carbocycles. The lowest BCUT2D eigenvalue weighted by Crippen LogP contribution is -2.48. The second kappa shape index (κ2) is 13.1. The number of pyridine rings is 1. The number of amides is 1. The van der Waals surface area contributed by atoms with Gasteiger partial charge in [-0.25, -0.2) is 0 Å². The monoisotopic (exact) mass is 634 g/mol. The van der Waals surface area contributed by atoms with Gasteiger partial charge in [-0.3, -0.25) is 9.69 Å². The van der Waals surface area contributed by atoms with Crippen molar-refractivity contribution in [3.05, 3.63) is 107 Å². The molecule has 0 atom stereocenters. The van der Waals surface area contributed by atoms with Gasteiger partial charge in [0.25, 0.3) is 0 Å². The summed E-state index contributed by atoms with van der Waals surface area (Å²) in [7, 11) is 0. The Bertz CT molecular complexity index is 1610. The van der Waals surface area contributed by atoms with Crippen LogP contribution in [-0.2, 0) is 10.2 Å². The second-order valence-corrected chi connectivity index (χ2v) is 11.9. The molecule has 1 saturated heterocycles. The molecule has 3 aromatic carbocycles. The van der Waals surface area contributed by atoms with E-state index in [1.807, 2.05) is 78.9 Å². The molecule has 234 valence electrons. The fourth-order valence-electron chi connectivity index (χ4n) is 6.50. The summed E-state index contributed by atoms with van der Waals surface area (Å²) in [5.41, 5.74) is 2.19.